The first-order chi connectivity index (χ1) is 9.83. The number of aromatic nitrogens is 2. The van der Waals surface area contributed by atoms with Gasteiger partial charge in [-0.1, -0.05) is 6.07 Å². The molecule has 20 heavy (non-hydrogen) atoms. The summed E-state index contributed by atoms with van der Waals surface area (Å²) in [4.78, 5) is 10.7. The molecule has 0 radical (unpaired) electrons. The predicted octanol–water partition coefficient (Wildman–Crippen LogP) is 2.84. The van der Waals surface area contributed by atoms with E-state index in [-0.39, 0.29) is 0 Å². The summed E-state index contributed by atoms with van der Waals surface area (Å²) < 4.78 is 0. The minimum Gasteiger partial charge on any atom is -0.340 e. The molecule has 1 aliphatic carbocycles. The van der Waals surface area contributed by atoms with Gasteiger partial charge in [0.1, 0.15) is 0 Å². The Morgan fingerprint density at radius 1 is 1.25 bits per heavy atom. The molecule has 3 rings (SSSR count). The molecule has 1 saturated carbocycles. The lowest BCUT2D eigenvalue weighted by Crippen LogP contribution is -2.36. The van der Waals surface area contributed by atoms with Gasteiger partial charge in [0.2, 0.25) is 0 Å². The third kappa shape index (κ3) is 3.30. The molecule has 0 bridgehead atoms. The smallest absolute Gasteiger partial charge is 0.174 e. The Balaban J connectivity index is 1.69. The van der Waals surface area contributed by atoms with E-state index >= 15 is 0 Å². The number of hydrogen-bond donors (Lipinski definition) is 1. The molecule has 2 heterocycles. The largest absolute Gasteiger partial charge is 0.340 e. The van der Waals surface area contributed by atoms with Gasteiger partial charge in [-0.15, -0.1) is 0 Å². The molecule has 0 spiro atoms. The van der Waals surface area contributed by atoms with E-state index in [0.29, 0.717) is 6.04 Å². The maximum Gasteiger partial charge on any atom is 0.174 e. The summed E-state index contributed by atoms with van der Waals surface area (Å²) in [6.07, 6.45) is 7.74. The van der Waals surface area contributed by atoms with Crippen LogP contribution in [0.4, 0.5) is 5.69 Å². The summed E-state index contributed by atoms with van der Waals surface area (Å²) in [6.45, 7) is 0.748. The highest BCUT2D eigenvalue weighted by atomic mass is 32.1. The van der Waals surface area contributed by atoms with Crippen molar-refractivity contribution in [2.45, 2.75) is 25.4 Å². The topological polar surface area (TPSA) is 41.1 Å². The minimum atomic E-state index is 0.536. The molecule has 0 saturated heterocycles. The summed E-state index contributed by atoms with van der Waals surface area (Å²) in [5, 5.41) is 3.99. The molecule has 1 aliphatic rings. The number of pyridine rings is 2. The van der Waals surface area contributed by atoms with Crippen LogP contribution >= 0.6 is 12.2 Å². The van der Waals surface area contributed by atoms with Gasteiger partial charge in [-0.2, -0.15) is 0 Å². The van der Waals surface area contributed by atoms with Crippen LogP contribution in [0.5, 0.6) is 0 Å². The molecule has 5 heteroatoms. The van der Waals surface area contributed by atoms with Crippen LogP contribution in [0.2, 0.25) is 0 Å². The first-order valence-corrected chi connectivity index (χ1v) is 7.11. The van der Waals surface area contributed by atoms with Crippen LogP contribution in [0, 0.1) is 0 Å². The van der Waals surface area contributed by atoms with E-state index in [1.165, 1.54) is 12.8 Å². The maximum atomic E-state index is 5.53. The Hall–Kier alpha value is -2.01. The zero-order valence-electron chi connectivity index (χ0n) is 11.1. The molecule has 0 unspecified atom stereocenters. The van der Waals surface area contributed by atoms with Crippen LogP contribution in [0.25, 0.3) is 0 Å². The number of nitrogens with one attached hydrogen (secondary N) is 1. The van der Waals surface area contributed by atoms with Crippen molar-refractivity contribution in [3.63, 3.8) is 0 Å². The van der Waals surface area contributed by atoms with E-state index in [2.05, 4.69) is 20.2 Å². The third-order valence-electron chi connectivity index (χ3n) is 3.22. The second kappa shape index (κ2) is 5.96. The van der Waals surface area contributed by atoms with E-state index in [1.807, 2.05) is 36.5 Å². The number of thiocarbonyl (C=S) groups is 1. The summed E-state index contributed by atoms with van der Waals surface area (Å²) in [7, 11) is 0. The average Bonchev–Trinajstić information content (AvgIpc) is 3.31. The molecule has 0 amide bonds. The third-order valence-corrected chi connectivity index (χ3v) is 3.56. The van der Waals surface area contributed by atoms with Gasteiger partial charge in [-0.3, -0.25) is 9.97 Å². The van der Waals surface area contributed by atoms with Gasteiger partial charge in [0.05, 0.1) is 24.1 Å². The average molecular weight is 284 g/mol. The zero-order chi connectivity index (χ0) is 13.8. The van der Waals surface area contributed by atoms with Crippen molar-refractivity contribution in [1.82, 2.24) is 14.9 Å². The minimum absolute atomic E-state index is 0.536. The lowest BCUT2D eigenvalue weighted by Gasteiger charge is -2.25. The van der Waals surface area contributed by atoms with Crippen molar-refractivity contribution < 1.29 is 0 Å². The van der Waals surface area contributed by atoms with Gasteiger partial charge in [0.25, 0.3) is 0 Å². The lowest BCUT2D eigenvalue weighted by molar-refractivity contribution is 0.404. The van der Waals surface area contributed by atoms with E-state index in [9.17, 15) is 0 Å². The number of nitrogens with zero attached hydrogens (tertiary/aromatic N) is 3. The fraction of sp³-hybridized carbons (Fsp3) is 0.267. The Morgan fingerprint density at radius 3 is 2.80 bits per heavy atom. The number of anilines is 1. The highest BCUT2D eigenvalue weighted by Gasteiger charge is 2.31. The van der Waals surface area contributed by atoms with Crippen molar-refractivity contribution in [3.05, 3.63) is 54.6 Å². The summed E-state index contributed by atoms with van der Waals surface area (Å²) in [5.41, 5.74) is 1.96. The van der Waals surface area contributed by atoms with Crippen molar-refractivity contribution in [3.8, 4) is 0 Å². The summed E-state index contributed by atoms with van der Waals surface area (Å²) >= 11 is 5.53. The van der Waals surface area contributed by atoms with Crippen LogP contribution in [-0.4, -0.2) is 26.0 Å². The number of hydrogen-bond acceptors (Lipinski definition) is 3. The standard InChI is InChI=1S/C15H16N4S/c20-15(18-12-5-3-8-16-10-12)19(14-6-7-14)11-13-4-1-2-9-17-13/h1-5,8-10,14H,6-7,11H2,(H,18,20). The molecule has 4 nitrogen and oxygen atoms in total. The highest BCUT2D eigenvalue weighted by molar-refractivity contribution is 7.80. The first-order valence-electron chi connectivity index (χ1n) is 6.70. The zero-order valence-corrected chi connectivity index (χ0v) is 11.9. The van der Waals surface area contributed by atoms with Crippen LogP contribution in [0.3, 0.4) is 0 Å². The van der Waals surface area contributed by atoms with Crippen LogP contribution < -0.4 is 5.32 Å². The molecule has 1 N–H and O–H groups in total. The molecule has 0 atom stereocenters. The van der Waals surface area contributed by atoms with Crippen molar-refractivity contribution in [1.29, 1.82) is 0 Å². The quantitative estimate of drug-likeness (QED) is 0.874. The lowest BCUT2D eigenvalue weighted by atomic mass is 10.3. The Kier molecular flexibility index (Phi) is 3.87. The van der Waals surface area contributed by atoms with E-state index in [0.717, 1.165) is 23.0 Å². The fourth-order valence-electron chi connectivity index (χ4n) is 2.05. The van der Waals surface area contributed by atoms with E-state index in [1.54, 1.807) is 12.4 Å². The van der Waals surface area contributed by atoms with E-state index in [4.69, 9.17) is 12.2 Å². The van der Waals surface area contributed by atoms with E-state index < -0.39 is 0 Å². The SMILES string of the molecule is S=C(Nc1cccnc1)N(Cc1ccccn1)C1CC1. The van der Waals surface area contributed by atoms with Gasteiger partial charge in [-0.05, 0) is 49.3 Å². The summed E-state index contributed by atoms with van der Waals surface area (Å²) in [6, 6.07) is 10.4. The van der Waals surface area contributed by atoms with Crippen LogP contribution in [-0.2, 0) is 6.54 Å². The fourth-order valence-corrected chi connectivity index (χ4v) is 2.38. The second-order valence-electron chi connectivity index (χ2n) is 4.85. The molecule has 2 aromatic rings. The molecule has 102 valence electrons. The van der Waals surface area contributed by atoms with Crippen LogP contribution in [0.15, 0.2) is 48.9 Å². The maximum absolute atomic E-state index is 5.53. The first kappa shape index (κ1) is 13.0. The van der Waals surface area contributed by atoms with Crippen molar-refractivity contribution in [2.24, 2.45) is 0 Å². The Morgan fingerprint density at radius 2 is 2.15 bits per heavy atom. The van der Waals surface area contributed by atoms with Gasteiger partial charge >= 0.3 is 0 Å². The normalized spacial score (nSPS) is 13.8. The van der Waals surface area contributed by atoms with Gasteiger partial charge in [-0.25, -0.2) is 0 Å². The molecular weight excluding hydrogens is 268 g/mol. The molecule has 1 fully saturated rings. The summed E-state index contributed by atoms with van der Waals surface area (Å²) in [5.74, 6) is 0. The predicted molar refractivity (Wildman–Crippen MR) is 83.3 cm³/mol. The number of rotatable bonds is 4. The monoisotopic (exact) mass is 284 g/mol. The van der Waals surface area contributed by atoms with Gasteiger partial charge in [0.15, 0.2) is 5.11 Å². The Bertz CT molecular complexity index is 569. The molecule has 2 aromatic heterocycles. The molecule has 0 aromatic carbocycles. The van der Waals surface area contributed by atoms with Gasteiger partial charge < -0.3 is 10.2 Å². The van der Waals surface area contributed by atoms with Crippen molar-refractivity contribution >= 4 is 23.0 Å². The van der Waals surface area contributed by atoms with Crippen LogP contribution in [0.1, 0.15) is 18.5 Å². The van der Waals surface area contributed by atoms with Crippen molar-refractivity contribution in [2.75, 3.05) is 5.32 Å². The highest BCUT2D eigenvalue weighted by Crippen LogP contribution is 2.28. The second-order valence-corrected chi connectivity index (χ2v) is 5.24. The Labute approximate surface area is 123 Å². The molecule has 0 aliphatic heterocycles. The van der Waals surface area contributed by atoms with Gasteiger partial charge in [0, 0.05) is 18.4 Å². The molecular formula is C15H16N4S.